The molecule has 102 valence electrons. The van der Waals surface area contributed by atoms with E-state index in [1.165, 1.54) is 0 Å². The number of carbonyl (C=O) groups excluding carboxylic acids is 1. The Labute approximate surface area is 111 Å². The van der Waals surface area contributed by atoms with Crippen molar-refractivity contribution in [3.8, 4) is 0 Å². The van der Waals surface area contributed by atoms with Gasteiger partial charge in [-0.2, -0.15) is 0 Å². The minimum Gasteiger partial charge on any atom is -0.459 e. The second kappa shape index (κ2) is 6.24. The van der Waals surface area contributed by atoms with Gasteiger partial charge < -0.3 is 19.7 Å². The first-order valence-electron chi connectivity index (χ1n) is 6.35. The maximum atomic E-state index is 11.8. The number of benzene rings is 1. The van der Waals surface area contributed by atoms with Gasteiger partial charge in [0.05, 0.1) is 13.2 Å². The monoisotopic (exact) mass is 262 g/mol. The molecule has 2 aromatic rings. The van der Waals surface area contributed by atoms with Crippen LogP contribution in [0.1, 0.15) is 12.7 Å². The fourth-order valence-electron chi connectivity index (χ4n) is 1.92. The molecule has 0 saturated heterocycles. The van der Waals surface area contributed by atoms with Crippen molar-refractivity contribution in [2.75, 3.05) is 19.7 Å². The molecule has 2 amide bonds. The Hall–Kier alpha value is -2.01. The van der Waals surface area contributed by atoms with E-state index in [4.69, 9.17) is 9.52 Å². The van der Waals surface area contributed by atoms with Gasteiger partial charge in [-0.1, -0.05) is 18.2 Å². The molecule has 0 aliphatic carbocycles. The van der Waals surface area contributed by atoms with Crippen molar-refractivity contribution in [3.63, 3.8) is 0 Å². The van der Waals surface area contributed by atoms with Gasteiger partial charge in [-0.15, -0.1) is 0 Å². The Morgan fingerprint density at radius 2 is 2.21 bits per heavy atom. The van der Waals surface area contributed by atoms with E-state index in [-0.39, 0.29) is 12.6 Å². The Kier molecular flexibility index (Phi) is 4.41. The molecule has 1 aromatic carbocycles. The van der Waals surface area contributed by atoms with Crippen LogP contribution in [0.25, 0.3) is 11.0 Å². The predicted octanol–water partition coefficient (Wildman–Crippen LogP) is 1.96. The molecule has 0 saturated carbocycles. The number of rotatable bonds is 5. The molecule has 0 atom stereocenters. The summed E-state index contributed by atoms with van der Waals surface area (Å²) in [6.07, 6.45) is 0. The van der Waals surface area contributed by atoms with Crippen LogP contribution >= 0.6 is 0 Å². The molecule has 1 heterocycles. The van der Waals surface area contributed by atoms with Crippen molar-refractivity contribution < 1.29 is 14.3 Å². The van der Waals surface area contributed by atoms with Crippen LogP contribution in [0.15, 0.2) is 34.7 Å². The number of fused-ring (bicyclic) bond motifs is 1. The van der Waals surface area contributed by atoms with Crippen molar-refractivity contribution in [1.29, 1.82) is 0 Å². The maximum Gasteiger partial charge on any atom is 0.317 e. The van der Waals surface area contributed by atoms with E-state index in [2.05, 4.69) is 5.32 Å². The lowest BCUT2D eigenvalue weighted by Gasteiger charge is -2.19. The highest BCUT2D eigenvalue weighted by molar-refractivity contribution is 5.78. The fourth-order valence-corrected chi connectivity index (χ4v) is 1.92. The number of para-hydroxylation sites is 1. The lowest BCUT2D eigenvalue weighted by atomic mass is 10.2. The van der Waals surface area contributed by atoms with Gasteiger partial charge in [-0.05, 0) is 19.1 Å². The minimum atomic E-state index is -0.197. The molecule has 0 aliphatic rings. The van der Waals surface area contributed by atoms with Crippen LogP contribution in [-0.4, -0.2) is 35.7 Å². The van der Waals surface area contributed by atoms with E-state index in [0.717, 1.165) is 16.7 Å². The number of nitrogens with one attached hydrogen (secondary N) is 1. The number of aliphatic hydroxyl groups excluding tert-OH is 1. The summed E-state index contributed by atoms with van der Waals surface area (Å²) in [4.78, 5) is 13.4. The number of hydrogen-bond acceptors (Lipinski definition) is 3. The third kappa shape index (κ3) is 3.26. The number of likely N-dealkylation sites (N-methyl/N-ethyl adjacent to an activating group) is 1. The average molecular weight is 262 g/mol. The van der Waals surface area contributed by atoms with E-state index >= 15 is 0 Å². The zero-order valence-corrected chi connectivity index (χ0v) is 10.9. The van der Waals surface area contributed by atoms with Gasteiger partial charge >= 0.3 is 6.03 Å². The number of hydrogen-bond donors (Lipinski definition) is 2. The number of aliphatic hydroxyl groups is 1. The van der Waals surface area contributed by atoms with Crippen LogP contribution in [-0.2, 0) is 6.54 Å². The highest BCUT2D eigenvalue weighted by Crippen LogP contribution is 2.18. The summed E-state index contributed by atoms with van der Waals surface area (Å²) in [5.74, 6) is 0.717. The zero-order chi connectivity index (χ0) is 13.7. The van der Waals surface area contributed by atoms with Crippen LogP contribution in [0, 0.1) is 0 Å². The Bertz CT molecular complexity index is 517. The summed E-state index contributed by atoms with van der Waals surface area (Å²) in [6.45, 7) is 3.08. The van der Waals surface area contributed by atoms with E-state index in [1.807, 2.05) is 37.3 Å². The van der Waals surface area contributed by atoms with Gasteiger partial charge in [0, 0.05) is 18.5 Å². The Morgan fingerprint density at radius 3 is 2.89 bits per heavy atom. The second-order valence-electron chi connectivity index (χ2n) is 4.21. The highest BCUT2D eigenvalue weighted by atomic mass is 16.3. The molecular formula is C14H18N2O3. The Morgan fingerprint density at radius 1 is 1.42 bits per heavy atom. The van der Waals surface area contributed by atoms with Gasteiger partial charge in [0.1, 0.15) is 11.3 Å². The van der Waals surface area contributed by atoms with Gasteiger partial charge in [-0.25, -0.2) is 4.79 Å². The molecule has 0 radical (unpaired) electrons. The molecule has 0 fully saturated rings. The molecule has 2 rings (SSSR count). The molecule has 0 unspecified atom stereocenters. The summed E-state index contributed by atoms with van der Waals surface area (Å²) in [5.41, 5.74) is 0.814. The van der Waals surface area contributed by atoms with Crippen molar-refractivity contribution >= 4 is 17.0 Å². The third-order valence-electron chi connectivity index (χ3n) is 2.93. The molecule has 0 spiro atoms. The number of urea groups is 1. The first-order chi connectivity index (χ1) is 9.24. The molecule has 5 heteroatoms. The number of carbonyl (C=O) groups is 1. The van der Waals surface area contributed by atoms with Crippen molar-refractivity contribution in [3.05, 3.63) is 36.1 Å². The third-order valence-corrected chi connectivity index (χ3v) is 2.93. The van der Waals surface area contributed by atoms with Gasteiger partial charge in [-0.3, -0.25) is 0 Å². The topological polar surface area (TPSA) is 65.7 Å². The van der Waals surface area contributed by atoms with E-state index < -0.39 is 0 Å². The van der Waals surface area contributed by atoms with Crippen molar-refractivity contribution in [2.45, 2.75) is 13.5 Å². The normalized spacial score (nSPS) is 10.6. The number of furan rings is 1. The molecule has 0 aliphatic heterocycles. The summed E-state index contributed by atoms with van der Waals surface area (Å²) in [7, 11) is 0. The first kappa shape index (κ1) is 13.4. The van der Waals surface area contributed by atoms with Gasteiger partial charge in [0.2, 0.25) is 0 Å². The smallest absolute Gasteiger partial charge is 0.317 e. The molecule has 19 heavy (non-hydrogen) atoms. The van der Waals surface area contributed by atoms with Crippen LogP contribution < -0.4 is 5.32 Å². The van der Waals surface area contributed by atoms with E-state index in [1.54, 1.807) is 4.90 Å². The standard InChI is InChI=1S/C14H18N2O3/c1-2-16(7-8-17)14(18)15-10-12-9-11-5-3-4-6-13(11)19-12/h3-6,9,17H,2,7-8,10H2,1H3,(H,15,18). The van der Waals surface area contributed by atoms with Crippen molar-refractivity contribution in [2.24, 2.45) is 0 Å². The zero-order valence-electron chi connectivity index (χ0n) is 10.9. The average Bonchev–Trinajstić information content (AvgIpc) is 2.85. The molecule has 5 nitrogen and oxygen atoms in total. The van der Waals surface area contributed by atoms with Crippen LogP contribution in [0.2, 0.25) is 0 Å². The second-order valence-corrected chi connectivity index (χ2v) is 4.21. The van der Waals surface area contributed by atoms with E-state index in [0.29, 0.717) is 19.6 Å². The minimum absolute atomic E-state index is 0.0358. The largest absolute Gasteiger partial charge is 0.459 e. The van der Waals surface area contributed by atoms with E-state index in [9.17, 15) is 4.79 Å². The molecule has 0 bridgehead atoms. The van der Waals surface area contributed by atoms with Crippen LogP contribution in [0.5, 0.6) is 0 Å². The van der Waals surface area contributed by atoms with Crippen LogP contribution in [0.4, 0.5) is 4.79 Å². The lowest BCUT2D eigenvalue weighted by Crippen LogP contribution is -2.40. The first-order valence-corrected chi connectivity index (χ1v) is 6.35. The predicted molar refractivity (Wildman–Crippen MR) is 72.8 cm³/mol. The SMILES string of the molecule is CCN(CCO)C(=O)NCc1cc2ccccc2o1. The van der Waals surface area contributed by atoms with Gasteiger partial charge in [0.25, 0.3) is 0 Å². The number of amides is 2. The maximum absolute atomic E-state index is 11.8. The van der Waals surface area contributed by atoms with Gasteiger partial charge in [0.15, 0.2) is 0 Å². The number of nitrogens with zero attached hydrogens (tertiary/aromatic N) is 1. The summed E-state index contributed by atoms with van der Waals surface area (Å²) < 4.78 is 5.61. The summed E-state index contributed by atoms with van der Waals surface area (Å²) in [5, 5.41) is 12.7. The molecular weight excluding hydrogens is 244 g/mol. The molecule has 1 aromatic heterocycles. The Balaban J connectivity index is 1.96. The highest BCUT2D eigenvalue weighted by Gasteiger charge is 2.11. The lowest BCUT2D eigenvalue weighted by molar-refractivity contribution is 0.179. The summed E-state index contributed by atoms with van der Waals surface area (Å²) in [6, 6.07) is 9.43. The fraction of sp³-hybridized carbons (Fsp3) is 0.357. The van der Waals surface area contributed by atoms with Crippen molar-refractivity contribution in [1.82, 2.24) is 10.2 Å². The summed E-state index contributed by atoms with van der Waals surface area (Å²) >= 11 is 0. The molecule has 2 N–H and O–H groups in total. The quantitative estimate of drug-likeness (QED) is 0.865. The van der Waals surface area contributed by atoms with Crippen LogP contribution in [0.3, 0.4) is 0 Å².